The van der Waals surface area contributed by atoms with E-state index in [0.717, 1.165) is 16.5 Å². The van der Waals surface area contributed by atoms with Gasteiger partial charge < -0.3 is 9.15 Å². The van der Waals surface area contributed by atoms with Gasteiger partial charge in [0.15, 0.2) is 11.3 Å². The Morgan fingerprint density at radius 2 is 1.88 bits per heavy atom. The molecule has 0 spiro atoms. The van der Waals surface area contributed by atoms with Gasteiger partial charge in [0.05, 0.1) is 10.6 Å². The average Bonchev–Trinajstić information content (AvgIpc) is 2.67. The smallest absolute Gasteiger partial charge is 0.339 e. The van der Waals surface area contributed by atoms with E-state index in [4.69, 9.17) is 20.8 Å². The highest BCUT2D eigenvalue weighted by Gasteiger charge is 2.31. The number of quaternary nitrogens is 1. The summed E-state index contributed by atoms with van der Waals surface area (Å²) in [7, 11) is 0. The molecule has 0 aliphatic carbocycles. The second-order valence-corrected chi connectivity index (χ2v) is 7.35. The first-order valence-corrected chi connectivity index (χ1v) is 9.13. The highest BCUT2D eigenvalue weighted by molar-refractivity contribution is 6.33. The van der Waals surface area contributed by atoms with Crippen molar-refractivity contribution in [2.45, 2.75) is 33.4 Å². The largest absolute Gasteiger partial charge is 0.443 e. The van der Waals surface area contributed by atoms with E-state index in [9.17, 15) is 4.79 Å². The highest BCUT2D eigenvalue weighted by Crippen LogP contribution is 2.37. The number of hydrogen-bond donors (Lipinski definition) is 1. The van der Waals surface area contributed by atoms with Gasteiger partial charge in [0.1, 0.15) is 12.6 Å². The van der Waals surface area contributed by atoms with Crippen molar-refractivity contribution in [3.63, 3.8) is 0 Å². The van der Waals surface area contributed by atoms with Crippen LogP contribution in [0.4, 0.5) is 0 Å². The standard InChI is InChI=1S/C21H20ClNO3/c1-12-13(2)21(24)26-19-16(12)9-18(22)20-17(19)10-23(11-25-20)14(3)15-7-5-4-6-8-15/h4-9,14H,10-11H2,1-3H3/p+1/t14-/m0/s1. The van der Waals surface area contributed by atoms with Gasteiger partial charge in [-0.25, -0.2) is 4.79 Å². The van der Waals surface area contributed by atoms with E-state index in [1.165, 1.54) is 10.5 Å². The lowest BCUT2D eigenvalue weighted by atomic mass is 10.0. The minimum atomic E-state index is -0.303. The van der Waals surface area contributed by atoms with E-state index in [1.807, 2.05) is 31.2 Å². The molecule has 0 fully saturated rings. The first-order valence-electron chi connectivity index (χ1n) is 8.75. The summed E-state index contributed by atoms with van der Waals surface area (Å²) in [6.45, 7) is 7.09. The van der Waals surface area contributed by atoms with Crippen LogP contribution in [0, 0.1) is 13.8 Å². The van der Waals surface area contributed by atoms with Crippen LogP contribution in [0.3, 0.4) is 0 Å². The molecule has 4 nitrogen and oxygen atoms in total. The number of fused-ring (bicyclic) bond motifs is 3. The molecule has 0 amide bonds. The van der Waals surface area contributed by atoms with Gasteiger partial charge in [-0.3, -0.25) is 4.90 Å². The summed E-state index contributed by atoms with van der Waals surface area (Å²) in [4.78, 5) is 13.5. The summed E-state index contributed by atoms with van der Waals surface area (Å²) >= 11 is 6.48. The number of ether oxygens (including phenoxy) is 1. The van der Waals surface area contributed by atoms with E-state index < -0.39 is 0 Å². The van der Waals surface area contributed by atoms with E-state index in [1.54, 1.807) is 6.92 Å². The maximum Gasteiger partial charge on any atom is 0.339 e. The fourth-order valence-corrected chi connectivity index (χ4v) is 3.88. The number of halogens is 1. The fraction of sp³-hybridized carbons (Fsp3) is 0.286. The third kappa shape index (κ3) is 2.70. The Morgan fingerprint density at radius 1 is 1.15 bits per heavy atom. The Kier molecular flexibility index (Phi) is 4.25. The normalized spacial score (nSPS) is 17.6. The molecule has 1 aliphatic heterocycles. The summed E-state index contributed by atoms with van der Waals surface area (Å²) in [6, 6.07) is 12.4. The van der Waals surface area contributed by atoms with Gasteiger partial charge in [-0.2, -0.15) is 0 Å². The predicted octanol–water partition coefficient (Wildman–Crippen LogP) is 3.56. The third-order valence-corrected chi connectivity index (χ3v) is 5.75. The second-order valence-electron chi connectivity index (χ2n) is 6.94. The lowest BCUT2D eigenvalue weighted by Crippen LogP contribution is -3.12. The lowest BCUT2D eigenvalue weighted by Gasteiger charge is -2.31. The highest BCUT2D eigenvalue weighted by atomic mass is 35.5. The van der Waals surface area contributed by atoms with Crippen molar-refractivity contribution in [1.82, 2.24) is 0 Å². The molecule has 0 saturated heterocycles. The molecule has 0 radical (unpaired) electrons. The summed E-state index contributed by atoms with van der Waals surface area (Å²) in [5.74, 6) is 0.634. The molecule has 5 heteroatoms. The Labute approximate surface area is 156 Å². The van der Waals surface area contributed by atoms with Crippen LogP contribution in [-0.4, -0.2) is 6.73 Å². The molecule has 4 rings (SSSR count). The minimum absolute atomic E-state index is 0.247. The molecule has 1 aromatic heterocycles. The SMILES string of the molecule is Cc1c(C)c2cc(Cl)c3c(c2oc1=O)C[NH+]([C@@H](C)c1ccccc1)CO3. The molecule has 26 heavy (non-hydrogen) atoms. The summed E-state index contributed by atoms with van der Waals surface area (Å²) in [6.07, 6.45) is 0. The Morgan fingerprint density at radius 3 is 2.62 bits per heavy atom. The molecule has 3 aromatic rings. The molecule has 2 aromatic carbocycles. The number of hydrogen-bond acceptors (Lipinski definition) is 3. The van der Waals surface area contributed by atoms with Gasteiger partial charge in [-0.15, -0.1) is 0 Å². The van der Waals surface area contributed by atoms with Gasteiger partial charge >= 0.3 is 5.63 Å². The molecule has 2 heterocycles. The summed E-state index contributed by atoms with van der Waals surface area (Å²) in [5, 5.41) is 1.44. The van der Waals surface area contributed by atoms with Crippen molar-refractivity contribution in [3.8, 4) is 5.75 Å². The molecule has 134 valence electrons. The molecule has 0 saturated carbocycles. The third-order valence-electron chi connectivity index (χ3n) is 5.47. The topological polar surface area (TPSA) is 43.9 Å². The molecule has 1 N–H and O–H groups in total. The van der Waals surface area contributed by atoms with E-state index in [0.29, 0.717) is 35.2 Å². The molecular formula is C21H21ClNO3+. The van der Waals surface area contributed by atoms with Gasteiger partial charge in [-0.1, -0.05) is 41.9 Å². The van der Waals surface area contributed by atoms with Crippen molar-refractivity contribution in [2.75, 3.05) is 6.73 Å². The predicted molar refractivity (Wildman–Crippen MR) is 102 cm³/mol. The quantitative estimate of drug-likeness (QED) is 0.701. The average molecular weight is 371 g/mol. The number of nitrogens with one attached hydrogen (secondary N) is 1. The number of benzene rings is 2. The Hall–Kier alpha value is -2.30. The van der Waals surface area contributed by atoms with E-state index in [-0.39, 0.29) is 11.7 Å². The minimum Gasteiger partial charge on any atom is -0.443 e. The van der Waals surface area contributed by atoms with Crippen molar-refractivity contribution in [3.05, 3.63) is 74.1 Å². The summed E-state index contributed by atoms with van der Waals surface area (Å²) in [5.41, 5.74) is 3.93. The zero-order valence-corrected chi connectivity index (χ0v) is 15.8. The van der Waals surface area contributed by atoms with Gasteiger partial charge in [0.25, 0.3) is 0 Å². The first kappa shape index (κ1) is 17.1. The molecule has 1 aliphatic rings. The van der Waals surface area contributed by atoms with Gasteiger partial charge in [0, 0.05) is 16.5 Å². The molecule has 1 unspecified atom stereocenters. The summed E-state index contributed by atoms with van der Waals surface area (Å²) < 4.78 is 11.6. The monoisotopic (exact) mass is 370 g/mol. The van der Waals surface area contributed by atoms with Crippen LogP contribution >= 0.6 is 11.6 Å². The molecular weight excluding hydrogens is 350 g/mol. The van der Waals surface area contributed by atoms with Crippen LogP contribution in [0.25, 0.3) is 11.0 Å². The van der Waals surface area contributed by atoms with Gasteiger partial charge in [-0.05, 0) is 32.4 Å². The number of rotatable bonds is 2. The van der Waals surface area contributed by atoms with Crippen LogP contribution in [0.1, 0.15) is 35.2 Å². The number of aryl methyl sites for hydroxylation is 1. The Bertz CT molecular complexity index is 1040. The van der Waals surface area contributed by atoms with Crippen LogP contribution in [0.5, 0.6) is 5.75 Å². The first-order chi connectivity index (χ1) is 12.5. The maximum absolute atomic E-state index is 12.2. The van der Waals surface area contributed by atoms with Crippen LogP contribution in [0.2, 0.25) is 5.02 Å². The van der Waals surface area contributed by atoms with Crippen LogP contribution < -0.4 is 15.3 Å². The van der Waals surface area contributed by atoms with E-state index in [2.05, 4.69) is 19.1 Å². The lowest BCUT2D eigenvalue weighted by molar-refractivity contribution is -0.960. The molecule has 2 atom stereocenters. The van der Waals surface area contributed by atoms with Gasteiger partial charge in [0.2, 0.25) is 6.73 Å². The Balaban J connectivity index is 1.83. The van der Waals surface area contributed by atoms with Crippen LogP contribution in [0.15, 0.2) is 45.6 Å². The molecule has 0 bridgehead atoms. The van der Waals surface area contributed by atoms with Crippen molar-refractivity contribution < 1.29 is 14.1 Å². The van der Waals surface area contributed by atoms with Crippen molar-refractivity contribution in [1.29, 1.82) is 0 Å². The van der Waals surface area contributed by atoms with E-state index >= 15 is 0 Å². The second kappa shape index (κ2) is 6.45. The van der Waals surface area contributed by atoms with Crippen molar-refractivity contribution >= 4 is 22.6 Å². The van der Waals surface area contributed by atoms with Crippen LogP contribution in [-0.2, 0) is 6.54 Å². The van der Waals surface area contributed by atoms with Crippen molar-refractivity contribution in [2.24, 2.45) is 0 Å². The maximum atomic E-state index is 12.2. The zero-order valence-electron chi connectivity index (χ0n) is 15.1. The fourth-order valence-electron chi connectivity index (χ4n) is 3.60. The zero-order chi connectivity index (χ0) is 18.4.